The minimum atomic E-state index is 0.301. The van der Waals surface area contributed by atoms with Crippen LogP contribution in [-0.2, 0) is 0 Å². The van der Waals surface area contributed by atoms with E-state index in [1.807, 2.05) is 10.6 Å². The fourth-order valence-electron chi connectivity index (χ4n) is 2.13. The summed E-state index contributed by atoms with van der Waals surface area (Å²) in [4.78, 5) is 3.99. The summed E-state index contributed by atoms with van der Waals surface area (Å²) < 4.78 is 2.92. The van der Waals surface area contributed by atoms with Crippen molar-refractivity contribution in [3.05, 3.63) is 28.5 Å². The predicted octanol–water partition coefficient (Wildman–Crippen LogP) is 2.64. The summed E-state index contributed by atoms with van der Waals surface area (Å²) in [6, 6.07) is 2.02. The number of aromatic nitrogens is 3. The molecule has 0 bridgehead atoms. The summed E-state index contributed by atoms with van der Waals surface area (Å²) in [7, 11) is 0. The lowest BCUT2D eigenvalue weighted by Crippen LogP contribution is -2.02. The summed E-state index contributed by atoms with van der Waals surface area (Å²) in [6.07, 6.45) is 7.48. The highest BCUT2D eigenvalue weighted by molar-refractivity contribution is 9.10. The predicted molar refractivity (Wildman–Crippen MR) is 66.9 cm³/mol. The van der Waals surface area contributed by atoms with Gasteiger partial charge in [0, 0.05) is 4.47 Å². The number of nitrogen functional groups attached to an aromatic ring is 1. The molecule has 0 radical (unpaired) electrons. The van der Waals surface area contributed by atoms with Crippen LogP contribution in [0.4, 0.5) is 5.95 Å². The second-order valence-corrected chi connectivity index (χ2v) is 4.77. The zero-order valence-corrected chi connectivity index (χ0v) is 10.2. The van der Waals surface area contributed by atoms with E-state index in [9.17, 15) is 0 Å². The Morgan fingerprint density at radius 3 is 3.06 bits per heavy atom. The number of fused-ring (bicyclic) bond motifs is 1. The van der Waals surface area contributed by atoms with E-state index in [2.05, 4.69) is 32.1 Å². The average molecular weight is 279 g/mol. The largest absolute Gasteiger partial charge is 0.367 e. The first-order valence-electron chi connectivity index (χ1n) is 5.25. The molecule has 2 aromatic rings. The molecule has 0 atom stereocenters. The normalized spacial score (nSPS) is 15.7. The number of halogens is 1. The van der Waals surface area contributed by atoms with Crippen molar-refractivity contribution in [2.75, 3.05) is 5.73 Å². The van der Waals surface area contributed by atoms with Crippen LogP contribution < -0.4 is 5.73 Å². The molecule has 0 amide bonds. The van der Waals surface area contributed by atoms with Crippen LogP contribution in [0.25, 0.3) is 11.1 Å². The molecule has 82 valence electrons. The summed E-state index contributed by atoms with van der Waals surface area (Å²) in [6.45, 7) is 0. The van der Waals surface area contributed by atoms with Crippen molar-refractivity contribution in [2.45, 2.75) is 19.3 Å². The molecule has 2 N–H and O–H groups in total. The molecule has 2 aromatic heterocycles. The van der Waals surface area contributed by atoms with E-state index in [1.54, 1.807) is 6.20 Å². The van der Waals surface area contributed by atoms with Crippen LogP contribution in [0.2, 0.25) is 0 Å². The molecule has 5 heteroatoms. The van der Waals surface area contributed by atoms with E-state index in [1.165, 1.54) is 12.0 Å². The van der Waals surface area contributed by atoms with Crippen molar-refractivity contribution >= 4 is 33.0 Å². The lowest BCUT2D eigenvalue weighted by atomic mass is 10.2. The lowest BCUT2D eigenvalue weighted by molar-refractivity contribution is 0.886. The fourth-order valence-corrected chi connectivity index (χ4v) is 2.78. The summed E-state index contributed by atoms with van der Waals surface area (Å²) in [5.74, 6) is 0.301. The maximum absolute atomic E-state index is 5.62. The topological polar surface area (TPSA) is 56.2 Å². The number of allylic oxidation sites excluding steroid dienone is 2. The molecule has 0 fully saturated rings. The van der Waals surface area contributed by atoms with Gasteiger partial charge in [0.2, 0.25) is 5.95 Å². The number of rotatable bonds is 1. The van der Waals surface area contributed by atoms with Gasteiger partial charge in [-0.05, 0) is 46.8 Å². The van der Waals surface area contributed by atoms with E-state index in [4.69, 9.17) is 5.73 Å². The number of hydrogen-bond donors (Lipinski definition) is 1. The molecule has 3 rings (SSSR count). The van der Waals surface area contributed by atoms with Crippen LogP contribution in [0, 0.1) is 0 Å². The Kier molecular flexibility index (Phi) is 2.21. The van der Waals surface area contributed by atoms with Gasteiger partial charge in [0.1, 0.15) is 0 Å². The maximum atomic E-state index is 5.62. The quantitative estimate of drug-likeness (QED) is 0.873. The van der Waals surface area contributed by atoms with E-state index in [0.29, 0.717) is 5.95 Å². The van der Waals surface area contributed by atoms with Crippen molar-refractivity contribution in [3.63, 3.8) is 0 Å². The van der Waals surface area contributed by atoms with Crippen LogP contribution in [0.15, 0.2) is 22.8 Å². The Morgan fingerprint density at radius 1 is 1.44 bits per heavy atom. The van der Waals surface area contributed by atoms with Crippen molar-refractivity contribution in [2.24, 2.45) is 0 Å². The van der Waals surface area contributed by atoms with Gasteiger partial charge in [0.05, 0.1) is 17.4 Å². The molecular formula is C11H11BrN4. The highest BCUT2D eigenvalue weighted by Crippen LogP contribution is 2.34. The fraction of sp³-hybridized carbons (Fsp3) is 0.273. The Labute approximate surface area is 101 Å². The molecule has 0 aromatic carbocycles. The zero-order valence-electron chi connectivity index (χ0n) is 8.65. The second kappa shape index (κ2) is 3.59. The maximum Gasteiger partial charge on any atom is 0.238 e. The first-order valence-corrected chi connectivity index (χ1v) is 6.04. The molecule has 4 nitrogen and oxygen atoms in total. The van der Waals surface area contributed by atoms with E-state index in [0.717, 1.165) is 28.5 Å². The number of anilines is 1. The summed E-state index contributed by atoms with van der Waals surface area (Å²) >= 11 is 3.57. The Hall–Kier alpha value is -1.36. The molecule has 1 aliphatic rings. The van der Waals surface area contributed by atoms with Crippen molar-refractivity contribution in [3.8, 4) is 0 Å². The average Bonchev–Trinajstić information content (AvgIpc) is 2.83. The third-order valence-corrected chi connectivity index (χ3v) is 3.44. The van der Waals surface area contributed by atoms with E-state index < -0.39 is 0 Å². The van der Waals surface area contributed by atoms with Crippen molar-refractivity contribution in [1.82, 2.24) is 14.6 Å². The molecule has 2 heterocycles. The molecular weight excluding hydrogens is 268 g/mol. The first-order chi connectivity index (χ1) is 7.75. The molecule has 0 saturated carbocycles. The molecule has 16 heavy (non-hydrogen) atoms. The minimum Gasteiger partial charge on any atom is -0.367 e. The number of nitrogens with zero attached hydrogens (tertiary/aromatic N) is 3. The molecule has 0 unspecified atom stereocenters. The van der Waals surface area contributed by atoms with Crippen LogP contribution in [0.5, 0.6) is 0 Å². The van der Waals surface area contributed by atoms with Crippen LogP contribution in [0.3, 0.4) is 0 Å². The summed E-state index contributed by atoms with van der Waals surface area (Å²) in [5, 5.41) is 4.25. The van der Waals surface area contributed by atoms with Gasteiger partial charge in [-0.25, -0.2) is 9.50 Å². The SMILES string of the molecule is Nc1ncc2cc(Br)c(C3=CCCC3)n2n1. The Bertz CT molecular complexity index is 585. The highest BCUT2D eigenvalue weighted by atomic mass is 79.9. The van der Waals surface area contributed by atoms with Crippen LogP contribution in [0.1, 0.15) is 25.0 Å². The third-order valence-electron chi connectivity index (χ3n) is 2.83. The van der Waals surface area contributed by atoms with Gasteiger partial charge in [-0.15, -0.1) is 5.10 Å². The molecule has 0 aliphatic heterocycles. The van der Waals surface area contributed by atoms with Gasteiger partial charge in [-0.3, -0.25) is 0 Å². The van der Waals surface area contributed by atoms with Crippen molar-refractivity contribution < 1.29 is 0 Å². The van der Waals surface area contributed by atoms with E-state index in [-0.39, 0.29) is 0 Å². The minimum absolute atomic E-state index is 0.301. The molecule has 0 spiro atoms. The summed E-state index contributed by atoms with van der Waals surface area (Å²) in [5.41, 5.74) is 9.04. The van der Waals surface area contributed by atoms with Gasteiger partial charge in [0.25, 0.3) is 0 Å². The monoisotopic (exact) mass is 278 g/mol. The smallest absolute Gasteiger partial charge is 0.238 e. The van der Waals surface area contributed by atoms with Gasteiger partial charge >= 0.3 is 0 Å². The standard InChI is InChI=1S/C11H11BrN4/c12-9-5-8-6-14-11(13)15-16(8)10(9)7-3-1-2-4-7/h3,5-6H,1-2,4H2,(H2,13,15). The Morgan fingerprint density at radius 2 is 2.31 bits per heavy atom. The number of hydrogen-bond acceptors (Lipinski definition) is 3. The third kappa shape index (κ3) is 1.43. The lowest BCUT2D eigenvalue weighted by Gasteiger charge is -2.03. The second-order valence-electron chi connectivity index (χ2n) is 3.92. The van der Waals surface area contributed by atoms with Crippen LogP contribution in [-0.4, -0.2) is 14.6 Å². The zero-order chi connectivity index (χ0) is 11.1. The molecule has 0 saturated heterocycles. The van der Waals surface area contributed by atoms with Gasteiger partial charge in [-0.1, -0.05) is 6.08 Å². The van der Waals surface area contributed by atoms with Crippen molar-refractivity contribution in [1.29, 1.82) is 0 Å². The van der Waals surface area contributed by atoms with Crippen LogP contribution >= 0.6 is 15.9 Å². The van der Waals surface area contributed by atoms with Gasteiger partial charge in [-0.2, -0.15) is 0 Å². The Balaban J connectivity index is 2.29. The van der Waals surface area contributed by atoms with Gasteiger partial charge < -0.3 is 5.73 Å². The molecule has 1 aliphatic carbocycles. The van der Waals surface area contributed by atoms with Gasteiger partial charge in [0.15, 0.2) is 0 Å². The highest BCUT2D eigenvalue weighted by Gasteiger charge is 2.16. The number of nitrogens with two attached hydrogens (primary N) is 1. The first kappa shape index (κ1) is 9.84. The van der Waals surface area contributed by atoms with E-state index >= 15 is 0 Å².